The van der Waals surface area contributed by atoms with Crippen molar-refractivity contribution in [3.05, 3.63) is 65.5 Å². The Morgan fingerprint density at radius 3 is 2.39 bits per heavy atom. The van der Waals surface area contributed by atoms with Crippen LogP contribution in [-0.2, 0) is 20.9 Å². The summed E-state index contributed by atoms with van der Waals surface area (Å²) < 4.78 is 4.94. The van der Waals surface area contributed by atoms with Crippen LogP contribution in [0, 0.1) is 6.92 Å². The van der Waals surface area contributed by atoms with Crippen LogP contribution in [0.5, 0.6) is 0 Å². The van der Waals surface area contributed by atoms with Gasteiger partial charge in [0.1, 0.15) is 0 Å². The Hall–Kier alpha value is -3.02. The second-order valence-electron chi connectivity index (χ2n) is 6.48. The molecule has 6 nitrogen and oxygen atoms in total. The van der Waals surface area contributed by atoms with E-state index in [-0.39, 0.29) is 50.0 Å². The number of hydrogen-bond acceptors (Lipinski definition) is 5. The second kappa shape index (κ2) is 11.0. The summed E-state index contributed by atoms with van der Waals surface area (Å²) in [5, 5.41) is 0. The summed E-state index contributed by atoms with van der Waals surface area (Å²) in [5.74, 6) is -0.607. The van der Waals surface area contributed by atoms with Gasteiger partial charge in [0.15, 0.2) is 5.78 Å². The molecule has 0 N–H and O–H groups in total. The molecule has 0 saturated heterocycles. The van der Waals surface area contributed by atoms with Gasteiger partial charge in [-0.05, 0) is 26.0 Å². The third-order valence-corrected chi connectivity index (χ3v) is 4.26. The van der Waals surface area contributed by atoms with Crippen LogP contribution in [0.3, 0.4) is 0 Å². The number of carbonyl (C=O) groups excluding carboxylic acids is 3. The molecule has 0 aliphatic heterocycles. The molecule has 2 aromatic rings. The van der Waals surface area contributed by atoms with Crippen molar-refractivity contribution in [1.82, 2.24) is 9.88 Å². The van der Waals surface area contributed by atoms with Crippen molar-refractivity contribution in [2.24, 2.45) is 0 Å². The standard InChI is InChI=1S/C22H26N2O4/c1-3-28-22(27)13-15-24(16-19-6-4-5-14-23-19)21(26)12-11-20(25)18-9-7-17(2)8-10-18/h4-10,14H,3,11-13,15-16H2,1-2H3. The third-order valence-electron chi connectivity index (χ3n) is 4.26. The number of esters is 1. The highest BCUT2D eigenvalue weighted by atomic mass is 16.5. The number of ketones is 1. The van der Waals surface area contributed by atoms with Crippen LogP contribution < -0.4 is 0 Å². The Morgan fingerprint density at radius 2 is 1.75 bits per heavy atom. The zero-order valence-electron chi connectivity index (χ0n) is 16.4. The van der Waals surface area contributed by atoms with Gasteiger partial charge in [0.05, 0.1) is 25.3 Å². The normalized spacial score (nSPS) is 10.4. The molecular weight excluding hydrogens is 356 g/mol. The molecule has 2 rings (SSSR count). The summed E-state index contributed by atoms with van der Waals surface area (Å²) in [6.07, 6.45) is 1.98. The number of aryl methyl sites for hydroxylation is 1. The number of aromatic nitrogens is 1. The highest BCUT2D eigenvalue weighted by Gasteiger charge is 2.18. The van der Waals surface area contributed by atoms with Crippen molar-refractivity contribution in [2.45, 2.75) is 39.7 Å². The minimum Gasteiger partial charge on any atom is -0.466 e. The lowest BCUT2D eigenvalue weighted by molar-refractivity contribution is -0.144. The number of nitrogens with zero attached hydrogens (tertiary/aromatic N) is 2. The number of benzene rings is 1. The molecule has 0 aliphatic carbocycles. The summed E-state index contributed by atoms with van der Waals surface area (Å²) in [6, 6.07) is 12.8. The van der Waals surface area contributed by atoms with Crippen LogP contribution in [0.1, 0.15) is 47.8 Å². The molecule has 0 saturated carbocycles. The average molecular weight is 382 g/mol. The Kier molecular flexibility index (Phi) is 8.34. The Morgan fingerprint density at radius 1 is 1.00 bits per heavy atom. The van der Waals surface area contributed by atoms with Gasteiger partial charge in [-0.25, -0.2) is 0 Å². The smallest absolute Gasteiger partial charge is 0.307 e. The second-order valence-corrected chi connectivity index (χ2v) is 6.48. The van der Waals surface area contributed by atoms with Gasteiger partial charge >= 0.3 is 5.97 Å². The van der Waals surface area contributed by atoms with Crippen LogP contribution in [0.25, 0.3) is 0 Å². The van der Waals surface area contributed by atoms with E-state index in [1.165, 1.54) is 0 Å². The Bertz CT molecular complexity index is 788. The molecule has 1 aromatic heterocycles. The summed E-state index contributed by atoms with van der Waals surface area (Å²) in [4.78, 5) is 42.5. The SMILES string of the molecule is CCOC(=O)CCN(Cc1ccccn1)C(=O)CCC(=O)c1ccc(C)cc1. The zero-order chi connectivity index (χ0) is 20.4. The van der Waals surface area contributed by atoms with Crippen LogP contribution in [-0.4, -0.2) is 40.7 Å². The van der Waals surface area contributed by atoms with E-state index < -0.39 is 0 Å². The van der Waals surface area contributed by atoms with E-state index in [1.807, 2.05) is 31.2 Å². The lowest BCUT2D eigenvalue weighted by Crippen LogP contribution is -2.33. The molecule has 0 bridgehead atoms. The Labute approximate surface area is 165 Å². The first-order chi connectivity index (χ1) is 13.5. The predicted octanol–water partition coefficient (Wildman–Crippen LogP) is 3.33. The van der Waals surface area contributed by atoms with Gasteiger partial charge in [0, 0.05) is 31.1 Å². The summed E-state index contributed by atoms with van der Waals surface area (Å²) in [6.45, 7) is 4.52. The van der Waals surface area contributed by atoms with E-state index in [9.17, 15) is 14.4 Å². The number of Topliss-reactive ketones (excluding diaryl/α,β-unsaturated/α-hetero) is 1. The van der Waals surface area contributed by atoms with Crippen LogP contribution >= 0.6 is 0 Å². The molecule has 0 spiro atoms. The van der Waals surface area contributed by atoms with Crippen LogP contribution in [0.4, 0.5) is 0 Å². The predicted molar refractivity (Wildman–Crippen MR) is 106 cm³/mol. The molecule has 0 aliphatic rings. The van der Waals surface area contributed by atoms with Crippen molar-refractivity contribution in [1.29, 1.82) is 0 Å². The van der Waals surface area contributed by atoms with Crippen LogP contribution in [0.2, 0.25) is 0 Å². The molecule has 0 fully saturated rings. The van der Waals surface area contributed by atoms with Gasteiger partial charge < -0.3 is 9.64 Å². The molecule has 0 atom stereocenters. The zero-order valence-corrected chi connectivity index (χ0v) is 16.4. The van der Waals surface area contributed by atoms with Gasteiger partial charge in [-0.15, -0.1) is 0 Å². The maximum Gasteiger partial charge on any atom is 0.307 e. The maximum atomic E-state index is 12.7. The highest BCUT2D eigenvalue weighted by molar-refractivity contribution is 5.98. The number of carbonyl (C=O) groups is 3. The van der Waals surface area contributed by atoms with Crippen molar-refractivity contribution in [3.8, 4) is 0 Å². The molecule has 28 heavy (non-hydrogen) atoms. The minimum atomic E-state index is -0.350. The maximum absolute atomic E-state index is 12.7. The minimum absolute atomic E-state index is 0.0727. The van der Waals surface area contributed by atoms with Crippen molar-refractivity contribution >= 4 is 17.7 Å². The number of hydrogen-bond donors (Lipinski definition) is 0. The first-order valence-corrected chi connectivity index (χ1v) is 9.42. The van der Waals surface area contributed by atoms with E-state index in [4.69, 9.17) is 4.74 Å². The monoisotopic (exact) mass is 382 g/mol. The van der Waals surface area contributed by atoms with E-state index in [1.54, 1.807) is 36.2 Å². The lowest BCUT2D eigenvalue weighted by Gasteiger charge is -2.22. The lowest BCUT2D eigenvalue weighted by atomic mass is 10.0. The first-order valence-electron chi connectivity index (χ1n) is 9.42. The molecule has 1 aromatic carbocycles. The fourth-order valence-electron chi connectivity index (χ4n) is 2.70. The van der Waals surface area contributed by atoms with Crippen LogP contribution in [0.15, 0.2) is 48.7 Å². The van der Waals surface area contributed by atoms with E-state index in [0.29, 0.717) is 12.2 Å². The number of pyridine rings is 1. The fraction of sp³-hybridized carbons (Fsp3) is 0.364. The van der Waals surface area contributed by atoms with E-state index in [2.05, 4.69) is 4.98 Å². The topological polar surface area (TPSA) is 76.6 Å². The molecule has 148 valence electrons. The fourth-order valence-corrected chi connectivity index (χ4v) is 2.70. The summed E-state index contributed by atoms with van der Waals surface area (Å²) in [5.41, 5.74) is 2.40. The molecule has 1 amide bonds. The summed E-state index contributed by atoms with van der Waals surface area (Å²) >= 11 is 0. The van der Waals surface area contributed by atoms with E-state index >= 15 is 0 Å². The molecule has 1 heterocycles. The third kappa shape index (κ3) is 6.95. The van der Waals surface area contributed by atoms with Crippen molar-refractivity contribution in [3.63, 3.8) is 0 Å². The first kappa shape index (κ1) is 21.3. The number of rotatable bonds is 10. The van der Waals surface area contributed by atoms with Gasteiger partial charge in [-0.1, -0.05) is 35.9 Å². The van der Waals surface area contributed by atoms with E-state index in [0.717, 1.165) is 11.3 Å². The Balaban J connectivity index is 1.97. The summed E-state index contributed by atoms with van der Waals surface area (Å²) in [7, 11) is 0. The average Bonchev–Trinajstić information content (AvgIpc) is 2.70. The molecule has 0 radical (unpaired) electrons. The van der Waals surface area contributed by atoms with Crippen molar-refractivity contribution in [2.75, 3.05) is 13.2 Å². The van der Waals surface area contributed by atoms with Gasteiger partial charge in [0.25, 0.3) is 0 Å². The molecule has 6 heteroatoms. The van der Waals surface area contributed by atoms with Gasteiger partial charge in [-0.3, -0.25) is 19.4 Å². The van der Waals surface area contributed by atoms with Crippen molar-refractivity contribution < 1.29 is 19.1 Å². The molecular formula is C22H26N2O4. The van der Waals surface area contributed by atoms with Gasteiger partial charge in [0.2, 0.25) is 5.91 Å². The number of ether oxygens (including phenoxy) is 1. The quantitative estimate of drug-likeness (QED) is 0.465. The molecule has 0 unspecified atom stereocenters. The largest absolute Gasteiger partial charge is 0.466 e. The number of amides is 1. The highest BCUT2D eigenvalue weighted by Crippen LogP contribution is 2.11. The van der Waals surface area contributed by atoms with Gasteiger partial charge in [-0.2, -0.15) is 0 Å².